The summed E-state index contributed by atoms with van der Waals surface area (Å²) in [5.74, 6) is -0.295. The molecule has 0 saturated carbocycles. The molecule has 0 unspecified atom stereocenters. The van der Waals surface area contributed by atoms with Gasteiger partial charge in [0.25, 0.3) is 11.4 Å². The van der Waals surface area contributed by atoms with Gasteiger partial charge in [-0.15, -0.1) is 0 Å². The number of nitrogens with one attached hydrogen (secondary N) is 2. The number of non-ortho nitro benzene ring substituents is 2. The lowest BCUT2D eigenvalue weighted by Gasteiger charge is -2.19. The molecule has 66 heavy (non-hydrogen) atoms. The molecule has 1 fully saturated rings. The van der Waals surface area contributed by atoms with Crippen LogP contribution in [0, 0.1) is 20.2 Å². The molecule has 3 atom stereocenters. The fourth-order valence-corrected chi connectivity index (χ4v) is 7.46. The second-order valence-corrected chi connectivity index (χ2v) is 15.1. The lowest BCUT2D eigenvalue weighted by Crippen LogP contribution is -2.29. The van der Waals surface area contributed by atoms with E-state index in [4.69, 9.17) is 18.6 Å². The van der Waals surface area contributed by atoms with Crippen molar-refractivity contribution < 1.29 is 48.3 Å². The zero-order chi connectivity index (χ0) is 46.5. The van der Waals surface area contributed by atoms with E-state index in [9.17, 15) is 49.6 Å². The molecule has 0 radical (unpaired) electrons. The standard InChI is InChI=1S/C46H38N6O14/c53-25-40-37(55)24-42(66-40)50-18-15-41(49-46(50)58)48-45(57)47-28-5-12-33(36(21-28)44(56)64-20-17-27-3-8-30(9-4-27)52(61)62)43-34-13-10-31(54)22-38(34)65-39-23-32(11-14-35(39)43)63-19-16-26-1-6-29(7-2-26)51(59)60/h1-15,18,21-23,37,40,42,53,55H,16-17,19-20,24-25H2,(H2,47,48,49,57,58)/t37-,40+,42+/m0/s1. The predicted molar refractivity (Wildman–Crippen MR) is 237 cm³/mol. The van der Waals surface area contributed by atoms with E-state index >= 15 is 0 Å². The molecule has 5 aromatic rings. The van der Waals surface area contributed by atoms with Crippen molar-refractivity contribution in [3.63, 3.8) is 0 Å². The molecule has 2 amide bonds. The van der Waals surface area contributed by atoms with Crippen molar-refractivity contribution in [2.24, 2.45) is 0 Å². The Balaban J connectivity index is 1.09. The van der Waals surface area contributed by atoms with Gasteiger partial charge in [0.05, 0.1) is 41.3 Å². The average Bonchev–Trinajstić information content (AvgIpc) is 3.68. The van der Waals surface area contributed by atoms with Crippen LogP contribution in [0.5, 0.6) is 5.75 Å². The van der Waals surface area contributed by atoms with Gasteiger partial charge in [0, 0.05) is 84.1 Å². The molecule has 1 aliphatic carbocycles. The zero-order valence-electron chi connectivity index (χ0n) is 34.5. The minimum absolute atomic E-state index is 0.000538. The Kier molecular flexibility index (Phi) is 12.9. The van der Waals surface area contributed by atoms with Crippen LogP contribution < -0.4 is 26.5 Å². The molecule has 3 heterocycles. The smallest absolute Gasteiger partial charge is 0.351 e. The minimum atomic E-state index is -0.985. The number of fused-ring (bicyclic) bond motifs is 2. The summed E-state index contributed by atoms with van der Waals surface area (Å²) in [6.45, 7) is -0.342. The second kappa shape index (κ2) is 19.2. The van der Waals surface area contributed by atoms with E-state index < -0.39 is 52.6 Å². The summed E-state index contributed by atoms with van der Waals surface area (Å²) in [6, 6.07) is 26.3. The summed E-state index contributed by atoms with van der Waals surface area (Å²) in [5.41, 5.74) is 1.98. The van der Waals surface area contributed by atoms with Gasteiger partial charge < -0.3 is 34.2 Å². The fraction of sp³-hybridized carbons (Fsp3) is 0.196. The van der Waals surface area contributed by atoms with E-state index in [-0.39, 0.29) is 65.7 Å². The Morgan fingerprint density at radius 1 is 0.818 bits per heavy atom. The van der Waals surface area contributed by atoms with Gasteiger partial charge in [-0.05, 0) is 59.2 Å². The molecule has 1 aromatic heterocycles. The summed E-state index contributed by atoms with van der Waals surface area (Å²) < 4.78 is 24.7. The van der Waals surface area contributed by atoms with E-state index in [0.29, 0.717) is 45.4 Å². The van der Waals surface area contributed by atoms with E-state index in [0.717, 1.165) is 10.1 Å². The molecular formula is C46H38N6O14. The molecule has 0 bridgehead atoms. The summed E-state index contributed by atoms with van der Waals surface area (Å²) in [7, 11) is 0. The predicted octanol–water partition coefficient (Wildman–Crippen LogP) is 6.24. The maximum Gasteiger partial charge on any atom is 0.351 e. The highest BCUT2D eigenvalue weighted by Gasteiger charge is 2.35. The highest BCUT2D eigenvalue weighted by Crippen LogP contribution is 2.43. The monoisotopic (exact) mass is 898 g/mol. The third-order valence-electron chi connectivity index (χ3n) is 10.8. The van der Waals surface area contributed by atoms with E-state index in [2.05, 4.69) is 15.6 Å². The Bertz CT molecular complexity index is 3060. The first-order valence-corrected chi connectivity index (χ1v) is 20.4. The van der Waals surface area contributed by atoms with Crippen LogP contribution in [0.15, 0.2) is 129 Å². The Hall–Kier alpha value is -8.33. The highest BCUT2D eigenvalue weighted by atomic mass is 16.6. The lowest BCUT2D eigenvalue weighted by atomic mass is 9.90. The number of aliphatic hydroxyl groups excluding tert-OH is 2. The number of rotatable bonds is 15. The first-order valence-electron chi connectivity index (χ1n) is 20.4. The molecule has 2 aliphatic heterocycles. The first-order chi connectivity index (χ1) is 31.8. The van der Waals surface area contributed by atoms with Gasteiger partial charge in [-0.25, -0.2) is 14.4 Å². The van der Waals surface area contributed by atoms with Gasteiger partial charge in [-0.3, -0.25) is 34.9 Å². The van der Waals surface area contributed by atoms with Gasteiger partial charge in [0.15, 0.2) is 5.43 Å². The van der Waals surface area contributed by atoms with Crippen LogP contribution in [0.4, 0.5) is 27.7 Å². The summed E-state index contributed by atoms with van der Waals surface area (Å²) in [5, 5.41) is 47.4. The van der Waals surface area contributed by atoms with Crippen molar-refractivity contribution in [1.29, 1.82) is 0 Å². The Morgan fingerprint density at radius 2 is 1.50 bits per heavy atom. The molecule has 3 aliphatic rings. The Morgan fingerprint density at radius 3 is 2.15 bits per heavy atom. The summed E-state index contributed by atoms with van der Waals surface area (Å²) in [6.07, 6.45) is -0.691. The third kappa shape index (κ3) is 9.90. The van der Waals surface area contributed by atoms with Gasteiger partial charge >= 0.3 is 17.7 Å². The molecule has 20 heteroatoms. The van der Waals surface area contributed by atoms with E-state index in [1.54, 1.807) is 54.6 Å². The minimum Gasteiger partial charge on any atom is -0.493 e. The number of carbonyl (C=O) groups is 2. The molecule has 1 saturated heterocycles. The number of nitrogens with zero attached hydrogens (tertiary/aromatic N) is 4. The van der Waals surface area contributed by atoms with Gasteiger partial charge in [-0.1, -0.05) is 30.3 Å². The van der Waals surface area contributed by atoms with Gasteiger partial charge in [0.1, 0.15) is 35.2 Å². The van der Waals surface area contributed by atoms with Crippen LogP contribution in [0.1, 0.15) is 34.1 Å². The highest BCUT2D eigenvalue weighted by molar-refractivity contribution is 6.09. The Labute approximate surface area is 372 Å². The van der Waals surface area contributed by atoms with Gasteiger partial charge in [-0.2, -0.15) is 4.98 Å². The maximum absolute atomic E-state index is 14.2. The summed E-state index contributed by atoms with van der Waals surface area (Å²) >= 11 is 0. The largest absolute Gasteiger partial charge is 0.493 e. The molecule has 336 valence electrons. The number of ether oxygens (including phenoxy) is 3. The van der Waals surface area contributed by atoms with Crippen molar-refractivity contribution in [3.8, 4) is 28.2 Å². The van der Waals surface area contributed by atoms with E-state index in [1.807, 2.05) is 0 Å². The first kappa shape index (κ1) is 44.3. The number of hydrogen-bond acceptors (Lipinski definition) is 15. The van der Waals surface area contributed by atoms with Crippen LogP contribution in [-0.2, 0) is 22.3 Å². The third-order valence-corrected chi connectivity index (χ3v) is 10.8. The molecule has 0 spiro atoms. The fourth-order valence-electron chi connectivity index (χ4n) is 7.46. The summed E-state index contributed by atoms with van der Waals surface area (Å²) in [4.78, 5) is 78.0. The van der Waals surface area contributed by atoms with Crippen molar-refractivity contribution in [3.05, 3.63) is 173 Å². The number of nitro groups is 2. The molecule has 20 nitrogen and oxygen atoms in total. The molecule has 8 rings (SSSR count). The van der Waals surface area contributed by atoms with Crippen LogP contribution in [0.3, 0.4) is 0 Å². The van der Waals surface area contributed by atoms with Crippen molar-refractivity contribution in [1.82, 2.24) is 9.55 Å². The topological polar surface area (TPSA) is 278 Å². The average molecular weight is 899 g/mol. The molecule has 4 N–H and O–H groups in total. The number of amides is 2. The molecular weight excluding hydrogens is 861 g/mol. The van der Waals surface area contributed by atoms with Crippen LogP contribution in [-0.4, -0.2) is 73.6 Å². The zero-order valence-corrected chi connectivity index (χ0v) is 34.5. The van der Waals surface area contributed by atoms with Crippen molar-refractivity contribution in [2.45, 2.75) is 37.7 Å². The number of esters is 1. The van der Waals surface area contributed by atoms with Crippen LogP contribution >= 0.6 is 0 Å². The number of aromatic nitrogens is 2. The quantitative estimate of drug-likeness (QED) is 0.0383. The second-order valence-electron chi connectivity index (χ2n) is 15.1. The van der Waals surface area contributed by atoms with Crippen LogP contribution in [0.25, 0.3) is 33.4 Å². The number of hydrogen-bond donors (Lipinski definition) is 4. The molecule has 4 aromatic carbocycles. The van der Waals surface area contributed by atoms with Crippen molar-refractivity contribution >= 4 is 45.8 Å². The number of aliphatic hydroxyl groups is 2. The number of carbonyl (C=O) groups excluding carboxylic acids is 2. The van der Waals surface area contributed by atoms with Crippen molar-refractivity contribution in [2.75, 3.05) is 30.5 Å². The van der Waals surface area contributed by atoms with E-state index in [1.165, 1.54) is 60.8 Å². The van der Waals surface area contributed by atoms with Gasteiger partial charge in [0.2, 0.25) is 0 Å². The lowest BCUT2D eigenvalue weighted by molar-refractivity contribution is -0.385. The number of benzene rings is 5. The number of anilines is 2. The number of urea groups is 1. The van der Waals surface area contributed by atoms with Crippen LogP contribution in [0.2, 0.25) is 0 Å². The SMILES string of the molecule is O=C(Nc1ccc(-c2c3ccc(=O)cc-3oc3cc(OCCc4ccc([N+](=O)[O-])cc4)ccc23)c(C(=O)OCCc2ccc([N+](=O)[O-])cc2)c1)Nc1ccn([C@H]2C[C@H](O)[C@@H](CO)O2)c(=O)n1. The maximum atomic E-state index is 14.2. The number of nitro benzene ring substituents is 2. The normalized spacial score (nSPS) is 15.6.